The molecule has 0 aromatic heterocycles. The summed E-state index contributed by atoms with van der Waals surface area (Å²) in [5.74, 6) is 0.279. The number of nitrogens with zero attached hydrogens (tertiary/aromatic N) is 1. The van der Waals surface area contributed by atoms with Crippen LogP contribution in [0.15, 0.2) is 47.7 Å². The summed E-state index contributed by atoms with van der Waals surface area (Å²) in [6, 6.07) is 10.4. The SMILES string of the molecule is COc1cc([C@@H]2CC(=O)N(c3ccc(Cl)cc3)C3=C2C(=O)OC3)cc(OC)c1OC. The lowest BCUT2D eigenvalue weighted by Gasteiger charge is -2.32. The van der Waals surface area contributed by atoms with Crippen LogP contribution in [0.4, 0.5) is 5.69 Å². The summed E-state index contributed by atoms with van der Waals surface area (Å²) in [6.07, 6.45) is 0.0925. The van der Waals surface area contributed by atoms with E-state index in [1.54, 1.807) is 36.4 Å². The fraction of sp³-hybridized carbons (Fsp3) is 0.273. The van der Waals surface area contributed by atoms with Gasteiger partial charge in [0.05, 0.1) is 32.6 Å². The van der Waals surface area contributed by atoms with E-state index >= 15 is 0 Å². The average molecular weight is 430 g/mol. The minimum Gasteiger partial charge on any atom is -0.493 e. The number of carbonyl (C=O) groups excluding carboxylic acids is 2. The molecule has 2 aromatic carbocycles. The van der Waals surface area contributed by atoms with E-state index in [9.17, 15) is 9.59 Å². The van der Waals surface area contributed by atoms with Crippen molar-refractivity contribution in [2.24, 2.45) is 0 Å². The minimum atomic E-state index is -0.486. The summed E-state index contributed by atoms with van der Waals surface area (Å²) in [6.45, 7) is 0.0312. The Kier molecular flexibility index (Phi) is 5.30. The third-order valence-electron chi connectivity index (χ3n) is 5.29. The fourth-order valence-electron chi connectivity index (χ4n) is 3.93. The van der Waals surface area contributed by atoms with Gasteiger partial charge >= 0.3 is 5.97 Å². The molecule has 30 heavy (non-hydrogen) atoms. The van der Waals surface area contributed by atoms with E-state index in [0.29, 0.717) is 44.8 Å². The van der Waals surface area contributed by atoms with Crippen LogP contribution in [0.25, 0.3) is 0 Å². The molecule has 2 heterocycles. The molecular formula is C22H20ClNO6. The van der Waals surface area contributed by atoms with Gasteiger partial charge in [0.25, 0.3) is 0 Å². The molecule has 0 aliphatic carbocycles. The number of hydrogen-bond donors (Lipinski definition) is 0. The number of methoxy groups -OCH3 is 3. The van der Waals surface area contributed by atoms with Crippen LogP contribution in [-0.2, 0) is 14.3 Å². The predicted octanol–water partition coefficient (Wildman–Crippen LogP) is 3.70. The molecule has 2 aromatic rings. The monoisotopic (exact) mass is 429 g/mol. The molecule has 1 atom stereocenters. The first-order valence-electron chi connectivity index (χ1n) is 9.27. The first kappa shape index (κ1) is 20.1. The maximum Gasteiger partial charge on any atom is 0.336 e. The van der Waals surface area contributed by atoms with Crippen LogP contribution < -0.4 is 19.1 Å². The number of amides is 1. The lowest BCUT2D eigenvalue weighted by Crippen LogP contribution is -2.37. The number of carbonyl (C=O) groups is 2. The Hall–Kier alpha value is -3.19. The zero-order valence-electron chi connectivity index (χ0n) is 16.7. The zero-order chi connectivity index (χ0) is 21.4. The summed E-state index contributed by atoms with van der Waals surface area (Å²) in [5.41, 5.74) is 2.34. The van der Waals surface area contributed by atoms with Crippen molar-refractivity contribution in [3.05, 3.63) is 58.3 Å². The summed E-state index contributed by atoms with van der Waals surface area (Å²) in [4.78, 5) is 27.3. The van der Waals surface area contributed by atoms with E-state index < -0.39 is 11.9 Å². The van der Waals surface area contributed by atoms with Gasteiger partial charge in [0, 0.05) is 23.0 Å². The van der Waals surface area contributed by atoms with Crippen molar-refractivity contribution in [1.82, 2.24) is 0 Å². The number of benzene rings is 2. The molecule has 4 rings (SSSR count). The molecule has 2 aliphatic heterocycles. The molecule has 0 spiro atoms. The highest BCUT2D eigenvalue weighted by atomic mass is 35.5. The summed E-state index contributed by atoms with van der Waals surface area (Å²) >= 11 is 5.98. The van der Waals surface area contributed by atoms with Gasteiger partial charge in [-0.3, -0.25) is 9.69 Å². The summed E-state index contributed by atoms with van der Waals surface area (Å²) < 4.78 is 21.6. The van der Waals surface area contributed by atoms with E-state index in [0.717, 1.165) is 0 Å². The topological polar surface area (TPSA) is 74.3 Å². The molecule has 0 saturated heterocycles. The lowest BCUT2D eigenvalue weighted by molar-refractivity contribution is -0.136. The largest absolute Gasteiger partial charge is 0.493 e. The highest BCUT2D eigenvalue weighted by Gasteiger charge is 2.43. The highest BCUT2D eigenvalue weighted by molar-refractivity contribution is 6.30. The van der Waals surface area contributed by atoms with Crippen molar-refractivity contribution in [1.29, 1.82) is 0 Å². The van der Waals surface area contributed by atoms with Gasteiger partial charge in [-0.1, -0.05) is 11.6 Å². The number of halogens is 1. The molecule has 156 valence electrons. The van der Waals surface area contributed by atoms with Crippen LogP contribution in [0, 0.1) is 0 Å². The van der Waals surface area contributed by atoms with Gasteiger partial charge in [0.2, 0.25) is 11.7 Å². The molecule has 1 amide bonds. The van der Waals surface area contributed by atoms with E-state index in [2.05, 4.69) is 0 Å². The molecule has 0 bridgehead atoms. The van der Waals surface area contributed by atoms with Gasteiger partial charge in [0.15, 0.2) is 11.5 Å². The normalized spacial score (nSPS) is 18.3. The Bertz CT molecular complexity index is 1020. The number of rotatable bonds is 5. The van der Waals surface area contributed by atoms with Gasteiger partial charge in [-0.25, -0.2) is 4.79 Å². The Morgan fingerprint density at radius 3 is 2.20 bits per heavy atom. The number of anilines is 1. The van der Waals surface area contributed by atoms with Crippen molar-refractivity contribution in [2.45, 2.75) is 12.3 Å². The Labute approximate surface area is 178 Å². The molecule has 0 N–H and O–H groups in total. The molecular weight excluding hydrogens is 410 g/mol. The van der Waals surface area contributed by atoms with Crippen LogP contribution in [0.3, 0.4) is 0 Å². The first-order valence-corrected chi connectivity index (χ1v) is 9.64. The predicted molar refractivity (Wildman–Crippen MR) is 110 cm³/mol. The van der Waals surface area contributed by atoms with Crippen LogP contribution in [0.5, 0.6) is 17.2 Å². The second kappa shape index (κ2) is 7.91. The molecule has 7 nitrogen and oxygen atoms in total. The van der Waals surface area contributed by atoms with E-state index in [-0.39, 0.29) is 18.9 Å². The minimum absolute atomic E-state index is 0.0312. The molecule has 2 aliphatic rings. The van der Waals surface area contributed by atoms with Crippen molar-refractivity contribution < 1.29 is 28.5 Å². The van der Waals surface area contributed by atoms with E-state index in [4.69, 9.17) is 30.5 Å². The third-order valence-corrected chi connectivity index (χ3v) is 5.54. The molecule has 0 unspecified atom stereocenters. The van der Waals surface area contributed by atoms with E-state index in [1.165, 1.54) is 26.2 Å². The molecule has 0 fully saturated rings. The van der Waals surface area contributed by atoms with Crippen LogP contribution in [0.2, 0.25) is 5.02 Å². The maximum atomic E-state index is 13.1. The Morgan fingerprint density at radius 2 is 1.63 bits per heavy atom. The van der Waals surface area contributed by atoms with Crippen LogP contribution in [0.1, 0.15) is 17.9 Å². The van der Waals surface area contributed by atoms with Crippen molar-refractivity contribution in [3.63, 3.8) is 0 Å². The second-order valence-corrected chi connectivity index (χ2v) is 7.29. The van der Waals surface area contributed by atoms with Gasteiger partial charge in [-0.2, -0.15) is 0 Å². The Balaban J connectivity index is 1.84. The number of ether oxygens (including phenoxy) is 4. The van der Waals surface area contributed by atoms with Gasteiger partial charge in [0.1, 0.15) is 6.61 Å². The first-order chi connectivity index (χ1) is 14.5. The van der Waals surface area contributed by atoms with Crippen molar-refractivity contribution in [3.8, 4) is 17.2 Å². The number of esters is 1. The van der Waals surface area contributed by atoms with E-state index in [1.807, 2.05) is 0 Å². The summed E-state index contributed by atoms with van der Waals surface area (Å²) in [5, 5.41) is 0.562. The highest BCUT2D eigenvalue weighted by Crippen LogP contribution is 2.46. The second-order valence-electron chi connectivity index (χ2n) is 6.86. The Morgan fingerprint density at radius 1 is 1.00 bits per heavy atom. The number of hydrogen-bond acceptors (Lipinski definition) is 6. The standard InChI is InChI=1S/C22H20ClNO6/c1-27-17-8-12(9-18(28-2)21(17)29-3)15-10-19(25)24(14-6-4-13(23)5-7-14)16-11-30-22(26)20(15)16/h4-9,15H,10-11H2,1-3H3/t15-/m0/s1. The van der Waals surface area contributed by atoms with Gasteiger partial charge in [-0.15, -0.1) is 0 Å². The third kappa shape index (κ3) is 3.25. The molecule has 0 radical (unpaired) electrons. The molecule has 0 saturated carbocycles. The average Bonchev–Trinajstić information content (AvgIpc) is 3.14. The van der Waals surface area contributed by atoms with Crippen LogP contribution in [-0.4, -0.2) is 39.8 Å². The maximum absolute atomic E-state index is 13.1. The fourth-order valence-corrected chi connectivity index (χ4v) is 4.06. The van der Waals surface area contributed by atoms with Crippen molar-refractivity contribution >= 4 is 29.2 Å². The molecule has 8 heteroatoms. The van der Waals surface area contributed by atoms with Gasteiger partial charge in [-0.05, 0) is 42.0 Å². The van der Waals surface area contributed by atoms with Crippen molar-refractivity contribution in [2.75, 3.05) is 32.8 Å². The number of cyclic esters (lactones) is 1. The van der Waals surface area contributed by atoms with Gasteiger partial charge < -0.3 is 18.9 Å². The summed E-state index contributed by atoms with van der Waals surface area (Å²) in [7, 11) is 4.55. The quantitative estimate of drug-likeness (QED) is 0.675. The zero-order valence-corrected chi connectivity index (χ0v) is 17.5. The smallest absolute Gasteiger partial charge is 0.336 e. The lowest BCUT2D eigenvalue weighted by atomic mass is 9.83. The van der Waals surface area contributed by atoms with Crippen LogP contribution >= 0.6 is 11.6 Å².